The average molecular weight is 305 g/mol. The van der Waals surface area contributed by atoms with Crippen LogP contribution in [0.15, 0.2) is 24.3 Å². The first-order valence-electron chi connectivity index (χ1n) is 7.74. The number of anilines is 1. The third-order valence-corrected chi connectivity index (χ3v) is 3.75. The highest BCUT2D eigenvalue weighted by Gasteiger charge is 2.31. The van der Waals surface area contributed by atoms with Crippen molar-refractivity contribution in [3.05, 3.63) is 29.8 Å². The summed E-state index contributed by atoms with van der Waals surface area (Å²) in [6.45, 7) is 7.24. The number of nitrogens with zero attached hydrogens (tertiary/aromatic N) is 1. The molecule has 5 heteroatoms. The first-order valence-corrected chi connectivity index (χ1v) is 7.74. The molecule has 2 rings (SSSR count). The Bertz CT molecular complexity index is 506. The number of alkyl carbamates (subject to hydrolysis) is 1. The van der Waals surface area contributed by atoms with E-state index in [1.807, 2.05) is 34.9 Å². The molecular formula is C17H27N3O2. The summed E-state index contributed by atoms with van der Waals surface area (Å²) in [4.78, 5) is 14.0. The van der Waals surface area contributed by atoms with Crippen molar-refractivity contribution in [2.75, 3.05) is 32.1 Å². The van der Waals surface area contributed by atoms with Crippen LogP contribution in [0, 0.1) is 0 Å². The Morgan fingerprint density at radius 1 is 1.23 bits per heavy atom. The molecule has 1 aliphatic heterocycles. The number of carbonyl (C=O) groups is 1. The Hall–Kier alpha value is -1.75. The van der Waals surface area contributed by atoms with Gasteiger partial charge in [-0.25, -0.2) is 4.79 Å². The van der Waals surface area contributed by atoms with Crippen molar-refractivity contribution >= 4 is 11.8 Å². The van der Waals surface area contributed by atoms with E-state index in [9.17, 15) is 4.79 Å². The molecule has 0 spiro atoms. The van der Waals surface area contributed by atoms with Gasteiger partial charge in [0.05, 0.1) is 6.04 Å². The summed E-state index contributed by atoms with van der Waals surface area (Å²) >= 11 is 0. The van der Waals surface area contributed by atoms with Gasteiger partial charge in [0.25, 0.3) is 0 Å². The number of amides is 1. The van der Waals surface area contributed by atoms with E-state index < -0.39 is 5.60 Å². The minimum absolute atomic E-state index is 0.0556. The number of hydrogen-bond donors (Lipinski definition) is 2. The second kappa shape index (κ2) is 6.57. The summed E-state index contributed by atoms with van der Waals surface area (Å²) in [7, 11) is 4.05. The summed E-state index contributed by atoms with van der Waals surface area (Å²) in [5.41, 5.74) is 1.93. The van der Waals surface area contributed by atoms with Crippen LogP contribution >= 0.6 is 0 Å². The second-order valence-corrected chi connectivity index (χ2v) is 7.00. The van der Waals surface area contributed by atoms with Gasteiger partial charge in [0.1, 0.15) is 5.60 Å². The predicted molar refractivity (Wildman–Crippen MR) is 89.5 cm³/mol. The third kappa shape index (κ3) is 4.37. The van der Waals surface area contributed by atoms with Gasteiger partial charge in [-0.3, -0.25) is 0 Å². The first kappa shape index (κ1) is 16.6. The van der Waals surface area contributed by atoms with Crippen molar-refractivity contribution in [3.8, 4) is 0 Å². The highest BCUT2D eigenvalue weighted by molar-refractivity contribution is 5.68. The Balaban J connectivity index is 2.02. The zero-order valence-corrected chi connectivity index (χ0v) is 14.1. The van der Waals surface area contributed by atoms with Crippen molar-refractivity contribution in [1.29, 1.82) is 0 Å². The molecule has 0 aromatic heterocycles. The van der Waals surface area contributed by atoms with Crippen molar-refractivity contribution in [3.63, 3.8) is 0 Å². The molecule has 1 heterocycles. The van der Waals surface area contributed by atoms with E-state index in [1.165, 1.54) is 11.3 Å². The smallest absolute Gasteiger partial charge is 0.407 e. The summed E-state index contributed by atoms with van der Waals surface area (Å²) in [5.74, 6) is 0.267. The molecule has 1 aromatic rings. The van der Waals surface area contributed by atoms with Gasteiger partial charge in [-0.15, -0.1) is 0 Å². The lowest BCUT2D eigenvalue weighted by atomic mass is 9.94. The molecule has 1 amide bonds. The molecular weight excluding hydrogens is 278 g/mol. The maximum atomic E-state index is 12.0. The monoisotopic (exact) mass is 305 g/mol. The van der Waals surface area contributed by atoms with Crippen molar-refractivity contribution in [2.45, 2.75) is 38.3 Å². The van der Waals surface area contributed by atoms with E-state index in [0.717, 1.165) is 13.1 Å². The van der Waals surface area contributed by atoms with Gasteiger partial charge in [0, 0.05) is 38.8 Å². The number of rotatable bonds is 3. The molecule has 1 aromatic carbocycles. The number of nitrogens with one attached hydrogen (secondary N) is 2. The lowest BCUT2D eigenvalue weighted by Gasteiger charge is -2.24. The topological polar surface area (TPSA) is 53.6 Å². The van der Waals surface area contributed by atoms with Gasteiger partial charge < -0.3 is 20.3 Å². The van der Waals surface area contributed by atoms with Gasteiger partial charge in [0.2, 0.25) is 0 Å². The molecule has 2 atom stereocenters. The fourth-order valence-electron chi connectivity index (χ4n) is 2.66. The summed E-state index contributed by atoms with van der Waals surface area (Å²) in [6.07, 6.45) is -0.351. The minimum Gasteiger partial charge on any atom is -0.444 e. The van der Waals surface area contributed by atoms with E-state index in [-0.39, 0.29) is 18.1 Å². The lowest BCUT2D eigenvalue weighted by molar-refractivity contribution is 0.0504. The zero-order chi connectivity index (χ0) is 16.3. The van der Waals surface area contributed by atoms with Crippen LogP contribution in [0.25, 0.3) is 0 Å². The SMILES string of the molecule is CN(C)c1ccc(C2CNCC2NC(=O)OC(C)(C)C)cc1. The predicted octanol–water partition coefficient (Wildman–Crippen LogP) is 2.33. The van der Waals surface area contributed by atoms with Gasteiger partial charge in [-0.05, 0) is 38.5 Å². The third-order valence-electron chi connectivity index (χ3n) is 3.75. The van der Waals surface area contributed by atoms with Crippen LogP contribution in [0.3, 0.4) is 0 Å². The maximum Gasteiger partial charge on any atom is 0.407 e. The number of carbonyl (C=O) groups excluding carboxylic acids is 1. The molecule has 0 aliphatic carbocycles. The minimum atomic E-state index is -0.473. The van der Waals surface area contributed by atoms with Crippen LogP contribution in [0.1, 0.15) is 32.3 Å². The quantitative estimate of drug-likeness (QED) is 0.900. The molecule has 122 valence electrons. The van der Waals surface area contributed by atoms with Gasteiger partial charge in [-0.2, -0.15) is 0 Å². The summed E-state index contributed by atoms with van der Waals surface area (Å²) in [6, 6.07) is 8.55. The van der Waals surface area contributed by atoms with Crippen LogP contribution in [-0.2, 0) is 4.74 Å². The largest absolute Gasteiger partial charge is 0.444 e. The Labute approximate surface area is 133 Å². The van der Waals surface area contributed by atoms with Crippen LogP contribution in [0.2, 0.25) is 0 Å². The van der Waals surface area contributed by atoms with Gasteiger partial charge >= 0.3 is 6.09 Å². The standard InChI is InChI=1S/C17H27N3O2/c1-17(2,3)22-16(21)19-15-11-18-10-14(15)12-6-8-13(9-7-12)20(4)5/h6-9,14-15,18H,10-11H2,1-5H3,(H,19,21). The van der Waals surface area contributed by atoms with Crippen LogP contribution in [-0.4, -0.2) is 44.9 Å². The molecule has 0 saturated carbocycles. The van der Waals surface area contributed by atoms with E-state index in [0.29, 0.717) is 0 Å². The molecule has 1 fully saturated rings. The average Bonchev–Trinajstić information content (AvgIpc) is 2.84. The molecule has 0 radical (unpaired) electrons. The second-order valence-electron chi connectivity index (χ2n) is 7.00. The molecule has 5 nitrogen and oxygen atoms in total. The number of ether oxygens (including phenoxy) is 1. The highest BCUT2D eigenvalue weighted by atomic mass is 16.6. The van der Waals surface area contributed by atoms with Gasteiger partial charge in [-0.1, -0.05) is 12.1 Å². The molecule has 0 bridgehead atoms. The summed E-state index contributed by atoms with van der Waals surface area (Å²) < 4.78 is 5.35. The number of benzene rings is 1. The van der Waals surface area contributed by atoms with Crippen LogP contribution in [0.5, 0.6) is 0 Å². The molecule has 22 heavy (non-hydrogen) atoms. The Kier molecular flexibility index (Phi) is 4.96. The molecule has 1 aliphatic rings. The van der Waals surface area contributed by atoms with Crippen molar-refractivity contribution < 1.29 is 9.53 Å². The van der Waals surface area contributed by atoms with E-state index in [2.05, 4.69) is 39.8 Å². The fourth-order valence-corrected chi connectivity index (χ4v) is 2.66. The normalized spacial score (nSPS) is 21.5. The van der Waals surface area contributed by atoms with Crippen molar-refractivity contribution in [1.82, 2.24) is 10.6 Å². The van der Waals surface area contributed by atoms with E-state index in [1.54, 1.807) is 0 Å². The zero-order valence-electron chi connectivity index (χ0n) is 14.1. The van der Waals surface area contributed by atoms with E-state index in [4.69, 9.17) is 4.74 Å². The maximum absolute atomic E-state index is 12.0. The lowest BCUT2D eigenvalue weighted by Crippen LogP contribution is -2.42. The van der Waals surface area contributed by atoms with Crippen LogP contribution < -0.4 is 15.5 Å². The fraction of sp³-hybridized carbons (Fsp3) is 0.588. The summed E-state index contributed by atoms with van der Waals surface area (Å²) in [5, 5.41) is 6.33. The Morgan fingerprint density at radius 2 is 1.86 bits per heavy atom. The molecule has 2 unspecified atom stereocenters. The Morgan fingerprint density at radius 3 is 2.41 bits per heavy atom. The molecule has 1 saturated heterocycles. The van der Waals surface area contributed by atoms with E-state index >= 15 is 0 Å². The highest BCUT2D eigenvalue weighted by Crippen LogP contribution is 2.25. The van der Waals surface area contributed by atoms with Gasteiger partial charge in [0.15, 0.2) is 0 Å². The first-order chi connectivity index (χ1) is 10.3. The van der Waals surface area contributed by atoms with Crippen molar-refractivity contribution in [2.24, 2.45) is 0 Å². The number of hydrogen-bond acceptors (Lipinski definition) is 4. The molecule has 2 N–H and O–H groups in total. The van der Waals surface area contributed by atoms with Crippen LogP contribution in [0.4, 0.5) is 10.5 Å².